The van der Waals surface area contributed by atoms with Crippen LogP contribution < -0.4 is 51.5 Å². The van der Waals surface area contributed by atoms with Crippen molar-refractivity contribution < 1.29 is 78.0 Å². The van der Waals surface area contributed by atoms with Gasteiger partial charge in [0.2, 0.25) is 47.3 Å². The van der Waals surface area contributed by atoms with Crippen LogP contribution in [-0.2, 0) is 83.5 Å². The molecule has 6 atom stereocenters. The second-order valence-electron chi connectivity index (χ2n) is 27.8. The van der Waals surface area contributed by atoms with Crippen LogP contribution in [0.4, 0.5) is 22.7 Å². The van der Waals surface area contributed by atoms with Gasteiger partial charge in [-0.05, 0) is 148 Å². The average Bonchev–Trinajstić information content (AvgIpc) is 1.50. The quantitative estimate of drug-likeness (QED) is 0.0150. The average molecular weight is 1670 g/mol. The lowest BCUT2D eigenvalue weighted by Crippen LogP contribution is -2.52. The van der Waals surface area contributed by atoms with E-state index in [2.05, 4.69) is 63.6 Å². The number of nitrogens with one attached hydrogen (secondary N) is 6. The van der Waals surface area contributed by atoms with Gasteiger partial charge in [-0.3, -0.25) is 57.7 Å². The largest absolute Gasteiger partial charge is 0.480 e. The molecule has 28 nitrogen and oxygen atoms in total. The monoisotopic (exact) mass is 1670 g/mol. The highest BCUT2D eigenvalue weighted by atomic mass is 35.5. The molecule has 36 heteroatoms. The number of unbranched alkanes of at least 4 members (excludes halogenated alkanes) is 2. The number of hydrogen-bond acceptors (Lipinski definition) is 20. The van der Waals surface area contributed by atoms with Crippen molar-refractivity contribution in [1.82, 2.24) is 41.7 Å². The van der Waals surface area contributed by atoms with Crippen LogP contribution in [0.15, 0.2) is 72.8 Å². The summed E-state index contributed by atoms with van der Waals surface area (Å²) >= 11 is 30.7. The molecule has 6 aliphatic rings. The second kappa shape index (κ2) is 40.9. The third kappa shape index (κ3) is 24.1. The first-order chi connectivity index (χ1) is 52.8. The number of carbonyl (C=O) groups is 12. The van der Waals surface area contributed by atoms with E-state index < -0.39 is 122 Å². The summed E-state index contributed by atoms with van der Waals surface area (Å²) in [6, 6.07) is 17.7. The molecule has 0 spiro atoms. The Labute approximate surface area is 673 Å². The highest BCUT2D eigenvalue weighted by molar-refractivity contribution is 8.76. The predicted octanol–water partition coefficient (Wildman–Crippen LogP) is 7.66. The fraction of sp³-hybridized carbons (Fsp3) is 0.514. The summed E-state index contributed by atoms with van der Waals surface area (Å²) in [6.45, 7) is 1.92. The zero-order valence-corrected chi connectivity index (χ0v) is 66.6. The molecule has 2 aliphatic carbocycles. The van der Waals surface area contributed by atoms with E-state index >= 15 is 0 Å². The van der Waals surface area contributed by atoms with Crippen LogP contribution in [0.25, 0.3) is 0 Å². The van der Waals surface area contributed by atoms with Crippen molar-refractivity contribution >= 4 is 185 Å². The Morgan fingerprint density at radius 3 is 1.15 bits per heavy atom. The number of amides is 8. The molecule has 4 aromatic rings. The lowest BCUT2D eigenvalue weighted by atomic mass is 10.0. The third-order valence-corrected chi connectivity index (χ3v) is 25.7. The molecule has 4 heterocycles. The number of anilines is 4. The minimum absolute atomic E-state index is 0.0491. The lowest BCUT2D eigenvalue weighted by Gasteiger charge is -2.39. The topological polar surface area (TPSA) is 377 Å². The van der Waals surface area contributed by atoms with E-state index in [4.69, 9.17) is 46.4 Å². The molecule has 10 rings (SSSR count). The summed E-state index contributed by atoms with van der Waals surface area (Å²) in [5.74, 6) is -8.40. The van der Waals surface area contributed by atoms with E-state index in [9.17, 15) is 78.0 Å². The maximum Gasteiger partial charge on any atom is 0.326 e. The molecule has 594 valence electrons. The summed E-state index contributed by atoms with van der Waals surface area (Å²) in [5.41, 5.74) is 7.05. The van der Waals surface area contributed by atoms with Crippen molar-refractivity contribution in [2.45, 2.75) is 164 Å². The highest BCUT2D eigenvalue weighted by Gasteiger charge is 2.43. The van der Waals surface area contributed by atoms with E-state index in [1.165, 1.54) is 0 Å². The molecular formula is C74H90Cl4N12O16S4. The number of aliphatic carboxylic acids is 4. The Hall–Kier alpha value is -7.40. The van der Waals surface area contributed by atoms with Gasteiger partial charge >= 0.3 is 23.9 Å². The van der Waals surface area contributed by atoms with Gasteiger partial charge in [0.1, 0.15) is 37.3 Å². The molecule has 2 unspecified atom stereocenters. The van der Waals surface area contributed by atoms with E-state index in [-0.39, 0.29) is 48.2 Å². The summed E-state index contributed by atoms with van der Waals surface area (Å²) < 4.78 is 0. The number of thioether (sulfide) groups is 2. The molecule has 4 aliphatic heterocycles. The van der Waals surface area contributed by atoms with E-state index in [0.29, 0.717) is 120 Å². The van der Waals surface area contributed by atoms with Gasteiger partial charge in [-0.25, -0.2) is 9.59 Å². The summed E-state index contributed by atoms with van der Waals surface area (Å²) in [6.07, 6.45) is 5.13. The van der Waals surface area contributed by atoms with Gasteiger partial charge in [0.05, 0.1) is 34.8 Å². The lowest BCUT2D eigenvalue weighted by molar-refractivity contribution is -0.142. The van der Waals surface area contributed by atoms with Gasteiger partial charge < -0.3 is 71.9 Å². The summed E-state index contributed by atoms with van der Waals surface area (Å²) in [5, 5.41) is 54.6. The number of carboxylic acid groups (broad SMARTS) is 4. The third-order valence-electron chi connectivity index (χ3n) is 19.8. The molecule has 0 bridgehead atoms. The molecule has 10 N–H and O–H groups in total. The molecule has 0 aromatic heterocycles. The predicted molar refractivity (Wildman–Crippen MR) is 427 cm³/mol. The van der Waals surface area contributed by atoms with Crippen LogP contribution in [0.5, 0.6) is 0 Å². The molecule has 4 aromatic carbocycles. The van der Waals surface area contributed by atoms with Gasteiger partial charge in [-0.15, -0.1) is 23.5 Å². The Kier molecular flexibility index (Phi) is 31.6. The van der Waals surface area contributed by atoms with Crippen molar-refractivity contribution in [2.75, 3.05) is 93.6 Å². The van der Waals surface area contributed by atoms with Gasteiger partial charge in [0, 0.05) is 132 Å². The van der Waals surface area contributed by atoms with Crippen LogP contribution in [0.2, 0.25) is 20.1 Å². The number of hydrogen-bond donors (Lipinski definition) is 10. The number of carboxylic acids is 4. The molecule has 0 radical (unpaired) electrons. The van der Waals surface area contributed by atoms with Crippen molar-refractivity contribution in [3.05, 3.63) is 115 Å². The first-order valence-corrected chi connectivity index (χ1v) is 42.9. The molecule has 4 fully saturated rings. The van der Waals surface area contributed by atoms with Gasteiger partial charge in [0.25, 0.3) is 0 Å². The standard InChI is InChI=1S/C74H90Cl4N12O16S4/c75-49-31-45(35-85-41-107-39-61(85)71(101)89-27-25-87(47-17-18-47)57-11-3-5-13-59(57)89)51(77)29-43(49)9-1-7-15-63(91)81-53(73(103)104)21-23-65(93)83-55(69(99)79-33-67(95)96)37-109-110-38-56(70(100)80-34-68(97)98)84-66(94)24-22-54(74(105)106)82-64(92)16-8-2-10-44-30-52(78)46(32-50(44)76)36-86-42-108-40-62(86)72(102)90-28-26-88(48-19-20-48)58-12-4-6-14-60(58)90/h3-6,11-14,29-32,47-48,53-56,61-62H,1-2,7-10,15-28,33-42H2,(H,79,99)(H,80,100)(H,81,91)(H,82,92)(H,83,93)(H,84,94)(H,95,96)(H,97,98)(H,103,104)(H,105,106)/t53?,54?,55-,56-,61-,62-/m0/s1. The molecular weight excluding hydrogens is 1580 g/mol. The summed E-state index contributed by atoms with van der Waals surface area (Å²) in [4.78, 5) is 168. The van der Waals surface area contributed by atoms with E-state index in [1.54, 1.807) is 47.8 Å². The van der Waals surface area contributed by atoms with Crippen molar-refractivity contribution in [3.8, 4) is 0 Å². The van der Waals surface area contributed by atoms with Crippen LogP contribution in [0, 0.1) is 0 Å². The van der Waals surface area contributed by atoms with E-state index in [1.807, 2.05) is 46.2 Å². The Balaban J connectivity index is 0.628. The van der Waals surface area contributed by atoms with Crippen LogP contribution >= 0.6 is 91.5 Å². The number of rotatable bonds is 41. The zero-order valence-electron chi connectivity index (χ0n) is 60.3. The Morgan fingerprint density at radius 2 is 0.791 bits per heavy atom. The number of para-hydroxylation sites is 4. The number of benzene rings is 4. The first-order valence-electron chi connectivity index (χ1n) is 36.6. The minimum atomic E-state index is -1.52. The smallest absolute Gasteiger partial charge is 0.326 e. The molecule has 110 heavy (non-hydrogen) atoms. The molecule has 2 saturated heterocycles. The number of nitrogens with zero attached hydrogens (tertiary/aromatic N) is 6. The van der Waals surface area contributed by atoms with Gasteiger partial charge in [-0.1, -0.05) is 92.3 Å². The number of fused-ring (bicyclic) bond motifs is 2. The number of carbonyl (C=O) groups excluding carboxylic acids is 8. The highest BCUT2D eigenvalue weighted by Crippen LogP contribution is 2.43. The fourth-order valence-electron chi connectivity index (χ4n) is 13.7. The number of aryl methyl sites for hydroxylation is 2. The summed E-state index contributed by atoms with van der Waals surface area (Å²) in [7, 11) is 1.77. The van der Waals surface area contributed by atoms with Crippen molar-refractivity contribution in [1.29, 1.82) is 0 Å². The fourth-order valence-corrected chi connectivity index (χ4v) is 19.4. The maximum absolute atomic E-state index is 14.2. The van der Waals surface area contributed by atoms with Crippen LogP contribution in [0.1, 0.15) is 112 Å². The SMILES string of the molecule is O=C(O)CNC(=O)[C@H](CSSC[C@H](NC(=O)CCC(NC(=O)CCCCc1cc(Cl)c(CN2CSC[C@H]2C(=O)N2CCN(C3CC3)c3ccccc32)cc1Cl)C(=O)O)C(=O)NCC(=O)O)NC(=O)CCC(NC(=O)CCCCc1cc(Cl)c(CN2CSC[C@H]2C(=O)N2CCN(C3CC3)c3ccccc32)cc1Cl)C(=O)O. The van der Waals surface area contributed by atoms with Gasteiger partial charge in [0.15, 0.2) is 0 Å². The van der Waals surface area contributed by atoms with Crippen LogP contribution in [-0.4, -0.2) is 224 Å². The van der Waals surface area contributed by atoms with Crippen molar-refractivity contribution in [3.63, 3.8) is 0 Å². The number of halogens is 4. The maximum atomic E-state index is 14.2. The van der Waals surface area contributed by atoms with E-state index in [0.717, 1.165) is 105 Å². The normalized spacial score (nSPS) is 18.1. The molecule has 2 saturated carbocycles. The van der Waals surface area contributed by atoms with Gasteiger partial charge in [-0.2, -0.15) is 0 Å². The second-order valence-corrected chi connectivity index (χ2v) is 34.0. The molecule has 8 amide bonds. The Morgan fingerprint density at radius 1 is 0.445 bits per heavy atom. The first kappa shape index (κ1) is 85.0. The zero-order chi connectivity index (χ0) is 78.7. The van der Waals surface area contributed by atoms with Crippen molar-refractivity contribution in [2.24, 2.45) is 0 Å². The van der Waals surface area contributed by atoms with Crippen LogP contribution in [0.3, 0.4) is 0 Å². The minimum Gasteiger partial charge on any atom is -0.480 e. The Bertz CT molecular complexity index is 3820.